The molecule has 3 nitrogen and oxygen atoms in total. The number of carbonyl (C=O) groups excluding carboxylic acids is 1. The van der Waals surface area contributed by atoms with Crippen molar-refractivity contribution in [1.82, 2.24) is 4.90 Å². The molecule has 0 unspecified atom stereocenters. The van der Waals surface area contributed by atoms with Crippen molar-refractivity contribution in [2.45, 2.75) is 19.4 Å². The number of nitrogens with two attached hydrogens (primary N) is 1. The lowest BCUT2D eigenvalue weighted by Gasteiger charge is -2.25. The molecule has 0 saturated carbocycles. The summed E-state index contributed by atoms with van der Waals surface area (Å²) < 4.78 is 0. The maximum atomic E-state index is 11.9. The molecule has 0 radical (unpaired) electrons. The van der Waals surface area contributed by atoms with Gasteiger partial charge in [0, 0.05) is 20.0 Å². The first-order valence-corrected chi connectivity index (χ1v) is 7.24. The van der Waals surface area contributed by atoms with Gasteiger partial charge in [-0.25, -0.2) is 0 Å². The van der Waals surface area contributed by atoms with Gasteiger partial charge in [0.25, 0.3) is 0 Å². The zero-order chi connectivity index (χ0) is 15.2. The largest absolute Gasteiger partial charge is 0.339 e. The van der Waals surface area contributed by atoms with Crippen LogP contribution >= 0.6 is 0 Å². The van der Waals surface area contributed by atoms with Crippen LogP contribution in [-0.2, 0) is 4.79 Å². The molecule has 2 aromatic carbocycles. The molecule has 0 aromatic heterocycles. The molecule has 3 heteroatoms. The Morgan fingerprint density at radius 2 is 1.62 bits per heavy atom. The molecule has 2 N–H and O–H groups in total. The lowest BCUT2D eigenvalue weighted by atomic mass is 10.0. The summed E-state index contributed by atoms with van der Waals surface area (Å²) in [5.74, 6) is 0.0807. The van der Waals surface area contributed by atoms with E-state index in [0.717, 1.165) is 5.56 Å². The zero-order valence-corrected chi connectivity index (χ0v) is 12.6. The zero-order valence-electron chi connectivity index (χ0n) is 12.6. The Morgan fingerprint density at radius 1 is 1.05 bits per heavy atom. The summed E-state index contributed by atoms with van der Waals surface area (Å²) in [5.41, 5.74) is 8.95. The molecule has 0 aliphatic carbocycles. The molecule has 1 atom stereocenters. The second-order valence-corrected chi connectivity index (χ2v) is 5.21. The second kappa shape index (κ2) is 7.04. The van der Waals surface area contributed by atoms with Crippen molar-refractivity contribution in [3.8, 4) is 11.1 Å². The monoisotopic (exact) mass is 282 g/mol. The van der Waals surface area contributed by atoms with Gasteiger partial charge in [0.15, 0.2) is 0 Å². The molecular weight excluding hydrogens is 260 g/mol. The third-order valence-corrected chi connectivity index (χ3v) is 3.83. The molecule has 0 spiro atoms. The standard InChI is InChI=1S/C18H22N2O/c1-14(20(2)18(21)12-13-19)15-8-10-17(11-9-15)16-6-4-3-5-7-16/h3-11,14H,12-13,19H2,1-2H3/t14-/m0/s1. The Labute approximate surface area is 126 Å². The topological polar surface area (TPSA) is 46.3 Å². The predicted octanol–water partition coefficient (Wildman–Crippen LogP) is 3.22. The van der Waals surface area contributed by atoms with Crippen LogP contribution in [-0.4, -0.2) is 24.4 Å². The highest BCUT2D eigenvalue weighted by atomic mass is 16.2. The molecule has 0 fully saturated rings. The van der Waals surface area contributed by atoms with Crippen LogP contribution in [0.2, 0.25) is 0 Å². The normalized spacial score (nSPS) is 12.0. The molecule has 1 amide bonds. The molecule has 0 saturated heterocycles. The summed E-state index contributed by atoms with van der Waals surface area (Å²) in [6.07, 6.45) is 0.392. The second-order valence-electron chi connectivity index (χ2n) is 5.21. The minimum absolute atomic E-state index is 0.0499. The van der Waals surface area contributed by atoms with Gasteiger partial charge in [0.2, 0.25) is 5.91 Å². The maximum absolute atomic E-state index is 11.9. The maximum Gasteiger partial charge on any atom is 0.224 e. The van der Waals surface area contributed by atoms with E-state index in [0.29, 0.717) is 13.0 Å². The van der Waals surface area contributed by atoms with E-state index in [4.69, 9.17) is 5.73 Å². The highest BCUT2D eigenvalue weighted by molar-refractivity contribution is 5.76. The van der Waals surface area contributed by atoms with E-state index in [-0.39, 0.29) is 11.9 Å². The summed E-state index contributed by atoms with van der Waals surface area (Å²) in [5, 5.41) is 0. The number of benzene rings is 2. The van der Waals surface area contributed by atoms with E-state index in [1.54, 1.807) is 4.90 Å². The predicted molar refractivity (Wildman–Crippen MR) is 86.7 cm³/mol. The molecule has 2 rings (SSSR count). The van der Waals surface area contributed by atoms with E-state index < -0.39 is 0 Å². The van der Waals surface area contributed by atoms with Crippen molar-refractivity contribution < 1.29 is 4.79 Å². The first-order valence-electron chi connectivity index (χ1n) is 7.24. The number of hydrogen-bond donors (Lipinski definition) is 1. The number of carbonyl (C=O) groups is 1. The molecule has 0 bridgehead atoms. The van der Waals surface area contributed by atoms with Crippen LogP contribution in [0.25, 0.3) is 11.1 Å². The van der Waals surface area contributed by atoms with Gasteiger partial charge < -0.3 is 10.6 Å². The molecule has 110 valence electrons. The molecule has 21 heavy (non-hydrogen) atoms. The summed E-state index contributed by atoms with van der Waals surface area (Å²) in [6, 6.07) is 18.7. The Bertz CT molecular complexity index is 578. The Kier molecular flexibility index (Phi) is 5.12. The summed E-state index contributed by atoms with van der Waals surface area (Å²) in [7, 11) is 1.83. The first kappa shape index (κ1) is 15.3. The van der Waals surface area contributed by atoms with Crippen LogP contribution in [0, 0.1) is 0 Å². The van der Waals surface area contributed by atoms with E-state index in [2.05, 4.69) is 36.4 Å². The fourth-order valence-corrected chi connectivity index (χ4v) is 2.32. The van der Waals surface area contributed by atoms with Crippen molar-refractivity contribution in [1.29, 1.82) is 0 Å². The van der Waals surface area contributed by atoms with Crippen LogP contribution < -0.4 is 5.73 Å². The minimum atomic E-state index is 0.0499. The average molecular weight is 282 g/mol. The van der Waals surface area contributed by atoms with Gasteiger partial charge >= 0.3 is 0 Å². The molecule has 0 aliphatic rings. The Balaban J connectivity index is 2.13. The van der Waals surface area contributed by atoms with Crippen LogP contribution in [0.15, 0.2) is 54.6 Å². The van der Waals surface area contributed by atoms with Gasteiger partial charge in [-0.3, -0.25) is 4.79 Å². The average Bonchev–Trinajstić information content (AvgIpc) is 2.54. The van der Waals surface area contributed by atoms with Crippen LogP contribution in [0.3, 0.4) is 0 Å². The molecule has 2 aromatic rings. The van der Waals surface area contributed by atoms with Gasteiger partial charge in [-0.15, -0.1) is 0 Å². The lowest BCUT2D eigenvalue weighted by Crippen LogP contribution is -2.31. The number of amides is 1. The van der Waals surface area contributed by atoms with Crippen molar-refractivity contribution >= 4 is 5.91 Å². The van der Waals surface area contributed by atoms with Crippen LogP contribution in [0.5, 0.6) is 0 Å². The number of nitrogens with zero attached hydrogens (tertiary/aromatic N) is 1. The quantitative estimate of drug-likeness (QED) is 0.915. The van der Waals surface area contributed by atoms with E-state index in [1.807, 2.05) is 32.2 Å². The molecule has 0 aliphatic heterocycles. The third kappa shape index (κ3) is 3.70. The van der Waals surface area contributed by atoms with Crippen molar-refractivity contribution in [2.24, 2.45) is 5.73 Å². The van der Waals surface area contributed by atoms with Crippen LogP contribution in [0.4, 0.5) is 0 Å². The van der Waals surface area contributed by atoms with E-state index in [1.165, 1.54) is 11.1 Å². The van der Waals surface area contributed by atoms with Gasteiger partial charge in [-0.2, -0.15) is 0 Å². The van der Waals surface area contributed by atoms with Gasteiger partial charge in [-0.05, 0) is 23.6 Å². The van der Waals surface area contributed by atoms with Crippen molar-refractivity contribution in [3.05, 3.63) is 60.2 Å². The van der Waals surface area contributed by atoms with Crippen molar-refractivity contribution in [2.75, 3.05) is 13.6 Å². The highest BCUT2D eigenvalue weighted by Crippen LogP contribution is 2.24. The number of hydrogen-bond acceptors (Lipinski definition) is 2. The Hall–Kier alpha value is -2.13. The summed E-state index contributed by atoms with van der Waals surface area (Å²) in [6.45, 7) is 2.43. The third-order valence-electron chi connectivity index (χ3n) is 3.83. The van der Waals surface area contributed by atoms with E-state index in [9.17, 15) is 4.79 Å². The smallest absolute Gasteiger partial charge is 0.224 e. The summed E-state index contributed by atoms with van der Waals surface area (Å²) >= 11 is 0. The summed E-state index contributed by atoms with van der Waals surface area (Å²) in [4.78, 5) is 13.6. The van der Waals surface area contributed by atoms with Gasteiger partial charge in [0.05, 0.1) is 6.04 Å². The van der Waals surface area contributed by atoms with E-state index >= 15 is 0 Å². The SMILES string of the molecule is C[C@@H](c1ccc(-c2ccccc2)cc1)N(C)C(=O)CCN. The van der Waals surface area contributed by atoms with Gasteiger partial charge in [0.1, 0.15) is 0 Å². The van der Waals surface area contributed by atoms with Crippen molar-refractivity contribution in [3.63, 3.8) is 0 Å². The minimum Gasteiger partial charge on any atom is -0.339 e. The number of rotatable bonds is 5. The fourth-order valence-electron chi connectivity index (χ4n) is 2.32. The fraction of sp³-hybridized carbons (Fsp3) is 0.278. The Morgan fingerprint density at radius 3 is 2.19 bits per heavy atom. The van der Waals surface area contributed by atoms with Crippen LogP contribution in [0.1, 0.15) is 24.9 Å². The molecular formula is C18H22N2O. The van der Waals surface area contributed by atoms with Gasteiger partial charge in [-0.1, -0.05) is 54.6 Å². The highest BCUT2D eigenvalue weighted by Gasteiger charge is 2.16. The molecule has 0 heterocycles. The lowest BCUT2D eigenvalue weighted by molar-refractivity contribution is -0.131. The first-order chi connectivity index (χ1) is 10.1.